The number of hydrogen-bond acceptors (Lipinski definition) is 4. The SMILES string of the molecule is Fc1cccc(COc2ccccc2C(=NN2CCCCC2)n2ccnc2)c1. The van der Waals surface area contributed by atoms with Crippen molar-refractivity contribution in [2.45, 2.75) is 25.9 Å². The molecule has 1 aromatic heterocycles. The topological polar surface area (TPSA) is 42.6 Å². The molecule has 5 nitrogen and oxygen atoms in total. The highest BCUT2D eigenvalue weighted by molar-refractivity contribution is 6.02. The molecular weight excluding hydrogens is 355 g/mol. The molecule has 0 N–H and O–H groups in total. The Morgan fingerprint density at radius 3 is 2.71 bits per heavy atom. The standard InChI is InChI=1S/C22H23FN4O/c23-19-8-6-7-18(15-19)16-28-21-10-3-2-9-20(21)22(26-14-11-24-17-26)25-27-12-4-1-5-13-27/h2-3,6-11,14-15,17H,1,4-5,12-13,16H2. The normalized spacial score (nSPS) is 14.9. The molecule has 0 radical (unpaired) electrons. The molecule has 0 spiro atoms. The van der Waals surface area contributed by atoms with Crippen molar-refractivity contribution in [2.24, 2.45) is 5.10 Å². The van der Waals surface area contributed by atoms with E-state index in [0.717, 1.165) is 42.9 Å². The number of aromatic nitrogens is 2. The largest absolute Gasteiger partial charge is 0.488 e. The van der Waals surface area contributed by atoms with Gasteiger partial charge in [0.2, 0.25) is 0 Å². The molecule has 1 fully saturated rings. The van der Waals surface area contributed by atoms with Crippen molar-refractivity contribution in [1.29, 1.82) is 0 Å². The second-order valence-electron chi connectivity index (χ2n) is 6.82. The van der Waals surface area contributed by atoms with Crippen LogP contribution in [-0.4, -0.2) is 33.5 Å². The van der Waals surface area contributed by atoms with Crippen molar-refractivity contribution in [1.82, 2.24) is 14.6 Å². The van der Waals surface area contributed by atoms with Crippen LogP contribution in [0.2, 0.25) is 0 Å². The van der Waals surface area contributed by atoms with E-state index in [0.29, 0.717) is 5.75 Å². The highest BCUT2D eigenvalue weighted by Gasteiger charge is 2.16. The van der Waals surface area contributed by atoms with Crippen LogP contribution in [0.1, 0.15) is 30.4 Å². The third kappa shape index (κ3) is 4.39. The minimum atomic E-state index is -0.264. The lowest BCUT2D eigenvalue weighted by atomic mass is 10.1. The van der Waals surface area contributed by atoms with Gasteiger partial charge in [0.05, 0.1) is 5.56 Å². The molecule has 1 aliphatic heterocycles. The van der Waals surface area contributed by atoms with E-state index in [2.05, 4.69) is 9.99 Å². The van der Waals surface area contributed by atoms with E-state index in [1.54, 1.807) is 18.6 Å². The summed E-state index contributed by atoms with van der Waals surface area (Å²) in [7, 11) is 0. The molecule has 1 saturated heterocycles. The Kier molecular flexibility index (Phi) is 5.66. The summed E-state index contributed by atoms with van der Waals surface area (Å²) < 4.78 is 21.4. The lowest BCUT2D eigenvalue weighted by molar-refractivity contribution is 0.238. The van der Waals surface area contributed by atoms with Gasteiger partial charge in [-0.25, -0.2) is 9.37 Å². The minimum Gasteiger partial charge on any atom is -0.488 e. The third-order valence-corrected chi connectivity index (χ3v) is 4.73. The first kappa shape index (κ1) is 18.2. The number of nitrogens with zero attached hydrogens (tertiary/aromatic N) is 4. The fourth-order valence-corrected chi connectivity index (χ4v) is 3.31. The first-order chi connectivity index (χ1) is 13.8. The van der Waals surface area contributed by atoms with Gasteiger partial charge in [-0.1, -0.05) is 24.3 Å². The maximum atomic E-state index is 13.5. The van der Waals surface area contributed by atoms with E-state index in [1.165, 1.54) is 18.6 Å². The van der Waals surface area contributed by atoms with Gasteiger partial charge in [0.25, 0.3) is 0 Å². The molecule has 0 amide bonds. The van der Waals surface area contributed by atoms with Crippen molar-refractivity contribution in [2.75, 3.05) is 13.1 Å². The number of piperidine rings is 1. The summed E-state index contributed by atoms with van der Waals surface area (Å²) in [5.74, 6) is 1.21. The zero-order valence-corrected chi connectivity index (χ0v) is 15.7. The van der Waals surface area contributed by atoms with Crippen molar-refractivity contribution >= 4 is 5.84 Å². The summed E-state index contributed by atoms with van der Waals surface area (Å²) in [5.41, 5.74) is 1.66. The maximum absolute atomic E-state index is 13.5. The van der Waals surface area contributed by atoms with E-state index in [9.17, 15) is 4.39 Å². The van der Waals surface area contributed by atoms with Gasteiger partial charge in [0.1, 0.15) is 24.5 Å². The van der Waals surface area contributed by atoms with Crippen LogP contribution in [0, 0.1) is 5.82 Å². The highest BCUT2D eigenvalue weighted by Crippen LogP contribution is 2.22. The van der Waals surface area contributed by atoms with Crippen molar-refractivity contribution in [3.63, 3.8) is 0 Å². The molecule has 6 heteroatoms. The van der Waals surface area contributed by atoms with Gasteiger partial charge in [-0.15, -0.1) is 0 Å². The molecule has 0 unspecified atom stereocenters. The van der Waals surface area contributed by atoms with Gasteiger partial charge in [0, 0.05) is 25.5 Å². The first-order valence-corrected chi connectivity index (χ1v) is 9.58. The lowest BCUT2D eigenvalue weighted by Crippen LogP contribution is -2.28. The smallest absolute Gasteiger partial charge is 0.169 e. The van der Waals surface area contributed by atoms with Crippen LogP contribution in [0.3, 0.4) is 0 Å². The fraction of sp³-hybridized carbons (Fsp3) is 0.273. The molecule has 0 aliphatic carbocycles. The Morgan fingerprint density at radius 1 is 1.07 bits per heavy atom. The van der Waals surface area contributed by atoms with E-state index >= 15 is 0 Å². The van der Waals surface area contributed by atoms with Crippen LogP contribution in [0.15, 0.2) is 72.4 Å². The Morgan fingerprint density at radius 2 is 1.93 bits per heavy atom. The molecule has 2 aromatic carbocycles. The molecule has 0 bridgehead atoms. The highest BCUT2D eigenvalue weighted by atomic mass is 19.1. The van der Waals surface area contributed by atoms with E-state index in [-0.39, 0.29) is 12.4 Å². The monoisotopic (exact) mass is 378 g/mol. The predicted molar refractivity (Wildman–Crippen MR) is 107 cm³/mol. The second kappa shape index (κ2) is 8.69. The molecule has 1 aliphatic rings. The maximum Gasteiger partial charge on any atom is 0.169 e. The number of rotatable bonds is 5. The molecule has 2 heterocycles. The van der Waals surface area contributed by atoms with Crippen LogP contribution in [0.25, 0.3) is 0 Å². The van der Waals surface area contributed by atoms with Gasteiger partial charge in [-0.05, 0) is 49.1 Å². The molecule has 0 saturated carbocycles. The fourth-order valence-electron chi connectivity index (χ4n) is 3.31. The number of halogens is 1. The Labute approximate surface area is 164 Å². The molecule has 0 atom stereocenters. The molecular formula is C22H23FN4O. The summed E-state index contributed by atoms with van der Waals surface area (Å²) in [6.45, 7) is 2.19. The van der Waals surface area contributed by atoms with Gasteiger partial charge in [0.15, 0.2) is 5.84 Å². The number of hydrazone groups is 1. The summed E-state index contributed by atoms with van der Waals surface area (Å²) in [5, 5.41) is 7.02. The van der Waals surface area contributed by atoms with Crippen molar-refractivity contribution < 1.29 is 9.13 Å². The van der Waals surface area contributed by atoms with Crippen LogP contribution >= 0.6 is 0 Å². The third-order valence-electron chi connectivity index (χ3n) is 4.73. The number of para-hydroxylation sites is 1. The number of benzene rings is 2. The Balaban J connectivity index is 1.64. The number of ether oxygens (including phenoxy) is 1. The van der Waals surface area contributed by atoms with Crippen LogP contribution in [-0.2, 0) is 6.61 Å². The number of hydrogen-bond donors (Lipinski definition) is 0. The lowest BCUT2D eigenvalue weighted by Gasteiger charge is -2.25. The molecule has 28 heavy (non-hydrogen) atoms. The number of imidazole rings is 1. The minimum absolute atomic E-state index is 0.264. The quantitative estimate of drug-likeness (QED) is 0.491. The Hall–Kier alpha value is -3.15. The van der Waals surface area contributed by atoms with Crippen molar-refractivity contribution in [3.05, 3.63) is 84.2 Å². The average molecular weight is 378 g/mol. The van der Waals surface area contributed by atoms with Gasteiger partial charge in [-0.3, -0.25) is 9.58 Å². The zero-order valence-electron chi connectivity index (χ0n) is 15.7. The second-order valence-corrected chi connectivity index (χ2v) is 6.82. The van der Waals surface area contributed by atoms with Crippen LogP contribution in [0.4, 0.5) is 4.39 Å². The molecule has 144 valence electrons. The van der Waals surface area contributed by atoms with E-state index in [1.807, 2.05) is 41.1 Å². The van der Waals surface area contributed by atoms with E-state index in [4.69, 9.17) is 9.84 Å². The van der Waals surface area contributed by atoms with Gasteiger partial charge in [-0.2, -0.15) is 5.10 Å². The molecule has 4 rings (SSSR count). The van der Waals surface area contributed by atoms with E-state index < -0.39 is 0 Å². The Bertz CT molecular complexity index is 933. The summed E-state index contributed by atoms with van der Waals surface area (Å²) >= 11 is 0. The summed E-state index contributed by atoms with van der Waals surface area (Å²) in [4.78, 5) is 4.18. The predicted octanol–water partition coefficient (Wildman–Crippen LogP) is 4.30. The summed E-state index contributed by atoms with van der Waals surface area (Å²) in [6.07, 6.45) is 8.91. The van der Waals surface area contributed by atoms with Crippen LogP contribution < -0.4 is 4.74 Å². The zero-order chi connectivity index (χ0) is 19.2. The average Bonchev–Trinajstić information content (AvgIpc) is 3.26. The summed E-state index contributed by atoms with van der Waals surface area (Å²) in [6, 6.07) is 14.3. The van der Waals surface area contributed by atoms with Gasteiger partial charge >= 0.3 is 0 Å². The first-order valence-electron chi connectivity index (χ1n) is 9.58. The van der Waals surface area contributed by atoms with Crippen molar-refractivity contribution in [3.8, 4) is 5.75 Å². The van der Waals surface area contributed by atoms with Crippen LogP contribution in [0.5, 0.6) is 5.75 Å². The molecule has 3 aromatic rings. The van der Waals surface area contributed by atoms with Gasteiger partial charge < -0.3 is 4.74 Å².